The summed E-state index contributed by atoms with van der Waals surface area (Å²) in [7, 11) is 2.17. The molecule has 19 heavy (non-hydrogen) atoms. The summed E-state index contributed by atoms with van der Waals surface area (Å²) in [5, 5.41) is 13.3. The Balaban J connectivity index is 1.65. The molecule has 0 saturated heterocycles. The van der Waals surface area contributed by atoms with Crippen LogP contribution in [0.25, 0.3) is 0 Å². The second-order valence-electron chi connectivity index (χ2n) is 5.84. The minimum absolute atomic E-state index is 0.0719. The van der Waals surface area contributed by atoms with Crippen molar-refractivity contribution in [2.45, 2.75) is 51.6 Å². The molecule has 108 valence electrons. The number of thiazole rings is 1. The number of aryl methyl sites for hydroxylation is 2. The zero-order valence-corrected chi connectivity index (χ0v) is 13.0. The third-order valence-corrected chi connectivity index (χ3v) is 4.88. The van der Waals surface area contributed by atoms with Gasteiger partial charge in [-0.3, -0.25) is 0 Å². The molecule has 1 aliphatic rings. The molecule has 0 aliphatic heterocycles. The van der Waals surface area contributed by atoms with E-state index in [0.717, 1.165) is 37.4 Å². The van der Waals surface area contributed by atoms with Gasteiger partial charge in [0.05, 0.1) is 16.8 Å². The molecule has 1 heterocycles. The number of hydrogen-bond donors (Lipinski definition) is 1. The maximum Gasteiger partial charge on any atom is 0.0897 e. The monoisotopic (exact) mass is 282 g/mol. The Bertz CT molecular complexity index is 380. The highest BCUT2D eigenvalue weighted by atomic mass is 32.1. The molecule has 0 bridgehead atoms. The van der Waals surface area contributed by atoms with E-state index in [-0.39, 0.29) is 6.10 Å². The molecule has 4 heteroatoms. The largest absolute Gasteiger partial charge is 0.393 e. The molecule has 2 atom stereocenters. The van der Waals surface area contributed by atoms with Crippen LogP contribution < -0.4 is 0 Å². The normalized spacial score (nSPS) is 24.0. The molecule has 1 aromatic rings. The van der Waals surface area contributed by atoms with Gasteiger partial charge in [0, 0.05) is 11.9 Å². The molecule has 1 aliphatic carbocycles. The van der Waals surface area contributed by atoms with Crippen LogP contribution >= 0.6 is 11.3 Å². The van der Waals surface area contributed by atoms with E-state index in [2.05, 4.69) is 29.2 Å². The number of rotatable bonds is 6. The molecule has 1 saturated carbocycles. The molecule has 0 spiro atoms. The molecule has 0 amide bonds. The fourth-order valence-corrected chi connectivity index (χ4v) is 3.59. The number of hydrogen-bond acceptors (Lipinski definition) is 4. The molecule has 0 radical (unpaired) electrons. The number of aliphatic hydroxyl groups excluding tert-OH is 1. The van der Waals surface area contributed by atoms with Crippen molar-refractivity contribution in [1.82, 2.24) is 9.88 Å². The van der Waals surface area contributed by atoms with Crippen molar-refractivity contribution in [2.24, 2.45) is 5.92 Å². The van der Waals surface area contributed by atoms with Gasteiger partial charge in [-0.1, -0.05) is 12.8 Å². The summed E-state index contributed by atoms with van der Waals surface area (Å²) in [6.07, 6.45) is 6.83. The summed E-state index contributed by atoms with van der Waals surface area (Å²) in [6.45, 7) is 4.20. The Labute approximate surface area is 120 Å². The van der Waals surface area contributed by atoms with Gasteiger partial charge in [0.1, 0.15) is 0 Å². The summed E-state index contributed by atoms with van der Waals surface area (Å²) in [5.41, 5.74) is 1.23. The molecule has 0 aromatic carbocycles. The van der Waals surface area contributed by atoms with Crippen LogP contribution in [-0.4, -0.2) is 41.2 Å². The summed E-state index contributed by atoms with van der Waals surface area (Å²) in [5.74, 6) is 0.486. The summed E-state index contributed by atoms with van der Waals surface area (Å²) in [6, 6.07) is 0. The standard InChI is InChI=1S/C15H26N2OS/c1-12-16-14(11-19-12)7-5-9-17(2)10-13-6-3-4-8-15(13)18/h11,13,15,18H,3-10H2,1-2H3. The lowest BCUT2D eigenvalue weighted by Crippen LogP contribution is -2.35. The molecule has 3 nitrogen and oxygen atoms in total. The van der Waals surface area contributed by atoms with Gasteiger partial charge in [0.15, 0.2) is 0 Å². The number of aliphatic hydroxyl groups is 1. The molecule has 1 fully saturated rings. The summed E-state index contributed by atoms with van der Waals surface area (Å²) >= 11 is 1.73. The Morgan fingerprint density at radius 3 is 2.89 bits per heavy atom. The first kappa shape index (κ1) is 14.9. The molecule has 2 unspecified atom stereocenters. The van der Waals surface area contributed by atoms with Gasteiger partial charge in [-0.15, -0.1) is 11.3 Å². The zero-order chi connectivity index (χ0) is 13.7. The van der Waals surface area contributed by atoms with Gasteiger partial charge in [-0.05, 0) is 52.1 Å². The predicted octanol–water partition coefficient (Wildman–Crippen LogP) is 2.87. The van der Waals surface area contributed by atoms with E-state index in [9.17, 15) is 5.11 Å². The van der Waals surface area contributed by atoms with E-state index < -0.39 is 0 Å². The molecule has 1 aromatic heterocycles. The molecule has 1 N–H and O–H groups in total. The lowest BCUT2D eigenvalue weighted by molar-refractivity contribution is 0.0513. The lowest BCUT2D eigenvalue weighted by atomic mass is 9.86. The highest BCUT2D eigenvalue weighted by molar-refractivity contribution is 7.09. The van der Waals surface area contributed by atoms with Crippen LogP contribution in [-0.2, 0) is 6.42 Å². The van der Waals surface area contributed by atoms with Crippen LogP contribution in [0, 0.1) is 12.8 Å². The van der Waals surface area contributed by atoms with Gasteiger partial charge < -0.3 is 10.0 Å². The zero-order valence-electron chi connectivity index (χ0n) is 12.1. The van der Waals surface area contributed by atoms with Crippen molar-refractivity contribution in [3.8, 4) is 0 Å². The number of aromatic nitrogens is 1. The molecule has 2 rings (SSSR count). The Kier molecular flexibility index (Phi) is 5.79. The third kappa shape index (κ3) is 4.86. The minimum Gasteiger partial charge on any atom is -0.393 e. The Hall–Kier alpha value is -0.450. The van der Waals surface area contributed by atoms with Crippen LogP contribution in [0.5, 0.6) is 0 Å². The fourth-order valence-electron chi connectivity index (χ4n) is 2.95. The maximum atomic E-state index is 9.99. The smallest absolute Gasteiger partial charge is 0.0897 e. The quantitative estimate of drug-likeness (QED) is 0.871. The van der Waals surface area contributed by atoms with Crippen LogP contribution in [0.3, 0.4) is 0 Å². The van der Waals surface area contributed by atoms with Gasteiger partial charge in [-0.2, -0.15) is 0 Å². The van der Waals surface area contributed by atoms with Crippen molar-refractivity contribution in [1.29, 1.82) is 0 Å². The highest BCUT2D eigenvalue weighted by Gasteiger charge is 2.23. The fraction of sp³-hybridized carbons (Fsp3) is 0.800. The van der Waals surface area contributed by atoms with Crippen LogP contribution in [0.2, 0.25) is 0 Å². The van der Waals surface area contributed by atoms with Crippen LogP contribution in [0.15, 0.2) is 5.38 Å². The minimum atomic E-state index is -0.0719. The van der Waals surface area contributed by atoms with Gasteiger partial charge in [-0.25, -0.2) is 4.98 Å². The van der Waals surface area contributed by atoms with E-state index in [1.807, 2.05) is 0 Å². The molecular formula is C15H26N2OS. The van der Waals surface area contributed by atoms with Gasteiger partial charge in [0.25, 0.3) is 0 Å². The summed E-state index contributed by atoms with van der Waals surface area (Å²) < 4.78 is 0. The average Bonchev–Trinajstić information content (AvgIpc) is 2.78. The first-order chi connectivity index (χ1) is 9.15. The van der Waals surface area contributed by atoms with Crippen molar-refractivity contribution in [2.75, 3.05) is 20.1 Å². The van der Waals surface area contributed by atoms with Crippen LogP contribution in [0.1, 0.15) is 42.8 Å². The van der Waals surface area contributed by atoms with Crippen molar-refractivity contribution >= 4 is 11.3 Å². The number of nitrogens with zero attached hydrogens (tertiary/aromatic N) is 2. The van der Waals surface area contributed by atoms with Crippen LogP contribution in [0.4, 0.5) is 0 Å². The second kappa shape index (κ2) is 7.36. The van der Waals surface area contributed by atoms with Gasteiger partial charge in [0.2, 0.25) is 0 Å². The average molecular weight is 282 g/mol. The Morgan fingerprint density at radius 1 is 1.42 bits per heavy atom. The van der Waals surface area contributed by atoms with E-state index in [0.29, 0.717) is 5.92 Å². The summed E-state index contributed by atoms with van der Waals surface area (Å²) in [4.78, 5) is 6.87. The van der Waals surface area contributed by atoms with E-state index in [1.165, 1.54) is 25.0 Å². The topological polar surface area (TPSA) is 36.4 Å². The second-order valence-corrected chi connectivity index (χ2v) is 6.90. The van der Waals surface area contributed by atoms with Crippen molar-refractivity contribution in [3.05, 3.63) is 16.1 Å². The molecular weight excluding hydrogens is 256 g/mol. The SMILES string of the molecule is Cc1nc(CCCN(C)CC2CCCCC2O)cs1. The van der Waals surface area contributed by atoms with E-state index >= 15 is 0 Å². The van der Waals surface area contributed by atoms with Gasteiger partial charge >= 0.3 is 0 Å². The first-order valence-electron chi connectivity index (χ1n) is 7.43. The maximum absolute atomic E-state index is 9.99. The van der Waals surface area contributed by atoms with E-state index in [4.69, 9.17) is 0 Å². The van der Waals surface area contributed by atoms with Crippen molar-refractivity contribution in [3.63, 3.8) is 0 Å². The first-order valence-corrected chi connectivity index (χ1v) is 8.30. The predicted molar refractivity (Wildman–Crippen MR) is 80.6 cm³/mol. The lowest BCUT2D eigenvalue weighted by Gasteiger charge is -2.31. The van der Waals surface area contributed by atoms with Crippen molar-refractivity contribution < 1.29 is 5.11 Å². The Morgan fingerprint density at radius 2 is 2.21 bits per heavy atom. The van der Waals surface area contributed by atoms with E-state index in [1.54, 1.807) is 11.3 Å². The highest BCUT2D eigenvalue weighted by Crippen LogP contribution is 2.24. The third-order valence-electron chi connectivity index (χ3n) is 4.05.